The molecule has 0 aromatic carbocycles. The van der Waals surface area contributed by atoms with Crippen LogP contribution in [0.5, 0.6) is 0 Å². The Morgan fingerprint density at radius 3 is 1.91 bits per heavy atom. The van der Waals surface area contributed by atoms with Crippen molar-refractivity contribution >= 4 is 17.8 Å². The Morgan fingerprint density at radius 1 is 1.22 bits per heavy atom. The van der Waals surface area contributed by atoms with Crippen molar-refractivity contribution in [3.8, 4) is 0 Å². The molecule has 0 aromatic rings. The van der Waals surface area contributed by atoms with Gasteiger partial charge >= 0.3 is 11.9 Å². The van der Waals surface area contributed by atoms with Crippen molar-refractivity contribution in [2.75, 3.05) is 6.61 Å². The van der Waals surface area contributed by atoms with Crippen molar-refractivity contribution in [1.82, 2.24) is 5.32 Å². The predicted molar refractivity (Wildman–Crippen MR) is 92.0 cm³/mol. The van der Waals surface area contributed by atoms with Crippen molar-refractivity contribution in [2.45, 2.75) is 46.6 Å². The van der Waals surface area contributed by atoms with Crippen molar-refractivity contribution in [3.05, 3.63) is 37.5 Å². The highest BCUT2D eigenvalue weighted by atomic mass is 16.5. The summed E-state index contributed by atoms with van der Waals surface area (Å²) in [6.45, 7) is 17.7. The molecule has 0 aliphatic heterocycles. The third-order valence-electron chi connectivity index (χ3n) is 1.87. The van der Waals surface area contributed by atoms with E-state index >= 15 is 0 Å². The number of rotatable bonds is 7. The van der Waals surface area contributed by atoms with Crippen molar-refractivity contribution in [1.29, 1.82) is 0 Å². The van der Waals surface area contributed by atoms with Crippen molar-refractivity contribution in [3.63, 3.8) is 0 Å². The van der Waals surface area contributed by atoms with E-state index in [2.05, 4.69) is 32.0 Å². The molecule has 0 spiro atoms. The number of carboxylic acid groups (broad SMARTS) is 1. The van der Waals surface area contributed by atoms with Crippen LogP contribution in [0.3, 0.4) is 0 Å². The van der Waals surface area contributed by atoms with Crippen LogP contribution >= 0.6 is 0 Å². The molecule has 0 rings (SSSR count). The van der Waals surface area contributed by atoms with Gasteiger partial charge in [-0.25, -0.2) is 9.59 Å². The maximum Gasteiger partial charge on any atom is 0.333 e. The number of unbranched alkanes of at least 4 members (excludes halogenated alkanes) is 1. The molecule has 0 fully saturated rings. The summed E-state index contributed by atoms with van der Waals surface area (Å²) in [4.78, 5) is 30.3. The highest BCUT2D eigenvalue weighted by molar-refractivity contribution is 5.87. The molecule has 0 radical (unpaired) electrons. The summed E-state index contributed by atoms with van der Waals surface area (Å²) in [5.41, 5.74) is 0.469. The maximum absolute atomic E-state index is 10.7. The van der Waals surface area contributed by atoms with Crippen molar-refractivity contribution in [2.24, 2.45) is 0 Å². The van der Waals surface area contributed by atoms with Gasteiger partial charge in [0.25, 0.3) is 0 Å². The molecule has 0 saturated heterocycles. The van der Waals surface area contributed by atoms with Gasteiger partial charge in [-0.1, -0.05) is 33.1 Å². The summed E-state index contributed by atoms with van der Waals surface area (Å²) in [7, 11) is 0. The minimum absolute atomic E-state index is 0.111. The second-order valence-electron chi connectivity index (χ2n) is 4.68. The van der Waals surface area contributed by atoms with Crippen molar-refractivity contribution < 1.29 is 24.2 Å². The first-order chi connectivity index (χ1) is 10.6. The number of nitrogens with one attached hydrogen (secondary N) is 1. The molecule has 132 valence electrons. The highest BCUT2D eigenvalue weighted by Crippen LogP contribution is 1.94. The van der Waals surface area contributed by atoms with E-state index in [1.165, 1.54) is 6.08 Å². The van der Waals surface area contributed by atoms with Gasteiger partial charge in [0.15, 0.2) is 0 Å². The molecule has 0 bridgehead atoms. The number of carbonyl (C=O) groups excluding carboxylic acids is 2. The van der Waals surface area contributed by atoms with E-state index in [1.54, 1.807) is 6.92 Å². The lowest BCUT2D eigenvalue weighted by molar-refractivity contribution is -0.139. The van der Waals surface area contributed by atoms with Gasteiger partial charge in [0.05, 0.1) is 6.61 Å². The van der Waals surface area contributed by atoms with E-state index in [4.69, 9.17) is 9.84 Å². The van der Waals surface area contributed by atoms with E-state index < -0.39 is 5.97 Å². The van der Waals surface area contributed by atoms with Crippen LogP contribution in [0.15, 0.2) is 37.5 Å². The number of amides is 1. The summed E-state index contributed by atoms with van der Waals surface area (Å²) in [5, 5.41) is 10.2. The Balaban J connectivity index is -0.000000276. The minimum Gasteiger partial charge on any atom is -0.478 e. The van der Waals surface area contributed by atoms with Crippen LogP contribution in [0.1, 0.15) is 40.5 Å². The molecule has 6 heteroatoms. The smallest absolute Gasteiger partial charge is 0.333 e. The number of hydrogen-bond donors (Lipinski definition) is 2. The lowest BCUT2D eigenvalue weighted by Crippen LogP contribution is -2.27. The van der Waals surface area contributed by atoms with Crippen LogP contribution in [0.4, 0.5) is 0 Å². The summed E-state index contributed by atoms with van der Waals surface area (Å²) >= 11 is 0. The SMILES string of the molecule is C=C(C)C(=O)OCCCC.C=CC(=O)NC(C)C.C=CC(=O)O. The standard InChI is InChI=1S/C8H14O2.C6H11NO.C3H4O2/c1-4-5-6-10-8(9)7(2)3;1-4-6(8)7-5(2)3;1-2-3(4)5/h2,4-6H2,1,3H3;4-5H,1H2,2-3H3,(H,7,8);2H,1H2,(H,4,5). The number of carboxylic acids is 1. The summed E-state index contributed by atoms with van der Waals surface area (Å²) in [5.74, 6) is -1.38. The summed E-state index contributed by atoms with van der Waals surface area (Å²) < 4.78 is 4.81. The molecule has 0 unspecified atom stereocenters. The Hall–Kier alpha value is -2.37. The first-order valence-electron chi connectivity index (χ1n) is 7.23. The average molecular weight is 327 g/mol. The van der Waals surface area contributed by atoms with Gasteiger partial charge < -0.3 is 15.2 Å². The Bertz CT molecular complexity index is 400. The van der Waals surface area contributed by atoms with Crippen LogP contribution in [-0.4, -0.2) is 35.6 Å². The highest BCUT2D eigenvalue weighted by Gasteiger charge is 2.00. The normalized spacial score (nSPS) is 8.39. The third kappa shape index (κ3) is 28.5. The molecule has 0 aromatic heterocycles. The number of hydrogen-bond acceptors (Lipinski definition) is 4. The quantitative estimate of drug-likeness (QED) is 0.426. The van der Waals surface area contributed by atoms with E-state index in [1.807, 2.05) is 13.8 Å². The van der Waals surface area contributed by atoms with Crippen LogP contribution < -0.4 is 5.32 Å². The number of esters is 1. The first-order valence-corrected chi connectivity index (χ1v) is 7.23. The number of ether oxygens (including phenoxy) is 1. The fraction of sp³-hybridized carbons (Fsp3) is 0.471. The third-order valence-corrected chi connectivity index (χ3v) is 1.87. The average Bonchev–Trinajstić information content (AvgIpc) is 2.47. The molecule has 0 saturated carbocycles. The van der Waals surface area contributed by atoms with Crippen LogP contribution in [0.25, 0.3) is 0 Å². The van der Waals surface area contributed by atoms with E-state index in [0.717, 1.165) is 18.9 Å². The van der Waals surface area contributed by atoms with Gasteiger partial charge in [0.1, 0.15) is 0 Å². The fourth-order valence-corrected chi connectivity index (χ4v) is 0.776. The molecular weight excluding hydrogens is 298 g/mol. The molecule has 0 atom stereocenters. The largest absolute Gasteiger partial charge is 0.478 e. The molecule has 0 aliphatic rings. The van der Waals surface area contributed by atoms with E-state index in [0.29, 0.717) is 12.2 Å². The summed E-state index contributed by atoms with van der Waals surface area (Å²) in [6.07, 6.45) is 4.07. The van der Waals surface area contributed by atoms with Crippen LogP contribution in [0, 0.1) is 0 Å². The zero-order chi connectivity index (χ0) is 18.8. The molecule has 0 heterocycles. The van der Waals surface area contributed by atoms with Gasteiger partial charge in [-0.15, -0.1) is 0 Å². The lowest BCUT2D eigenvalue weighted by atomic mass is 10.3. The number of aliphatic carboxylic acids is 1. The molecule has 0 aliphatic carbocycles. The Labute approximate surface area is 138 Å². The van der Waals surface area contributed by atoms with Crippen LogP contribution in [-0.2, 0) is 19.1 Å². The van der Waals surface area contributed by atoms with Gasteiger partial charge in [0, 0.05) is 17.7 Å². The Morgan fingerprint density at radius 2 is 1.70 bits per heavy atom. The second-order valence-corrected chi connectivity index (χ2v) is 4.68. The fourth-order valence-electron chi connectivity index (χ4n) is 0.776. The monoisotopic (exact) mass is 327 g/mol. The maximum atomic E-state index is 10.7. The molecule has 1 amide bonds. The molecule has 6 nitrogen and oxygen atoms in total. The Kier molecular flexibility index (Phi) is 19.7. The zero-order valence-corrected chi connectivity index (χ0v) is 14.6. The molecular formula is C17H29NO5. The lowest BCUT2D eigenvalue weighted by Gasteiger charge is -2.02. The number of carbonyl (C=O) groups is 3. The second kappa shape index (κ2) is 17.7. The van der Waals surface area contributed by atoms with E-state index in [9.17, 15) is 14.4 Å². The zero-order valence-electron chi connectivity index (χ0n) is 14.6. The topological polar surface area (TPSA) is 92.7 Å². The van der Waals surface area contributed by atoms with Gasteiger partial charge in [-0.2, -0.15) is 0 Å². The minimum atomic E-state index is -0.981. The molecule has 23 heavy (non-hydrogen) atoms. The van der Waals surface area contributed by atoms with E-state index in [-0.39, 0.29) is 17.9 Å². The van der Waals surface area contributed by atoms with Gasteiger partial charge in [-0.05, 0) is 33.3 Å². The first kappa shape index (κ1) is 25.6. The predicted octanol–water partition coefficient (Wildman–Crippen LogP) is 2.86. The molecule has 2 N–H and O–H groups in total. The summed E-state index contributed by atoms with van der Waals surface area (Å²) in [6, 6.07) is 0.209. The van der Waals surface area contributed by atoms with Crippen LogP contribution in [0.2, 0.25) is 0 Å². The van der Waals surface area contributed by atoms with Gasteiger partial charge in [-0.3, -0.25) is 4.79 Å². The van der Waals surface area contributed by atoms with Gasteiger partial charge in [0.2, 0.25) is 5.91 Å².